The molecule has 0 spiro atoms. The van der Waals surface area contributed by atoms with E-state index in [2.05, 4.69) is 15.0 Å². The molecular weight excluding hydrogens is 290 g/mol. The summed E-state index contributed by atoms with van der Waals surface area (Å²) in [6.07, 6.45) is 2.19. The van der Waals surface area contributed by atoms with Crippen molar-refractivity contribution in [3.8, 4) is 11.4 Å². The maximum absolute atomic E-state index is 9.26. The van der Waals surface area contributed by atoms with Gasteiger partial charge >= 0.3 is 0 Å². The number of likely N-dealkylation sites (tertiary alicyclic amines) is 1. The summed E-state index contributed by atoms with van der Waals surface area (Å²) >= 11 is 5.87. The summed E-state index contributed by atoms with van der Waals surface area (Å²) in [5, 5.41) is 14.0. The molecule has 2 aromatic rings. The largest absolute Gasteiger partial charge is 0.396 e. The molecule has 21 heavy (non-hydrogen) atoms. The van der Waals surface area contributed by atoms with Crippen molar-refractivity contribution in [2.75, 3.05) is 19.7 Å². The summed E-state index contributed by atoms with van der Waals surface area (Å²) in [6.45, 7) is 2.78. The van der Waals surface area contributed by atoms with Crippen molar-refractivity contribution >= 4 is 11.6 Å². The number of hydrogen-bond donors (Lipinski definition) is 1. The summed E-state index contributed by atoms with van der Waals surface area (Å²) in [6, 6.07) is 7.37. The van der Waals surface area contributed by atoms with Gasteiger partial charge in [0.05, 0.1) is 6.54 Å². The Labute approximate surface area is 128 Å². The summed E-state index contributed by atoms with van der Waals surface area (Å²) in [4.78, 5) is 6.68. The molecule has 1 aliphatic rings. The van der Waals surface area contributed by atoms with Crippen LogP contribution in [0.25, 0.3) is 11.4 Å². The van der Waals surface area contributed by atoms with Gasteiger partial charge in [-0.3, -0.25) is 4.90 Å². The number of piperidine rings is 1. The van der Waals surface area contributed by atoms with E-state index in [1.165, 1.54) is 0 Å². The van der Waals surface area contributed by atoms with E-state index in [1.807, 2.05) is 24.3 Å². The second kappa shape index (κ2) is 6.56. The van der Waals surface area contributed by atoms with Gasteiger partial charge in [0.25, 0.3) is 0 Å². The van der Waals surface area contributed by atoms with Gasteiger partial charge < -0.3 is 9.63 Å². The highest BCUT2D eigenvalue weighted by Gasteiger charge is 2.21. The lowest BCUT2D eigenvalue weighted by Gasteiger charge is -2.30. The number of hydrogen-bond acceptors (Lipinski definition) is 5. The molecule has 0 bridgehead atoms. The Morgan fingerprint density at radius 2 is 2.14 bits per heavy atom. The zero-order valence-electron chi connectivity index (χ0n) is 11.7. The van der Waals surface area contributed by atoms with Crippen LogP contribution in [-0.4, -0.2) is 39.8 Å². The molecule has 0 saturated carbocycles. The fraction of sp³-hybridized carbons (Fsp3) is 0.467. The van der Waals surface area contributed by atoms with E-state index in [-0.39, 0.29) is 6.61 Å². The van der Waals surface area contributed by atoms with Crippen LogP contribution in [0.4, 0.5) is 0 Å². The fourth-order valence-electron chi connectivity index (χ4n) is 2.67. The fourth-order valence-corrected chi connectivity index (χ4v) is 2.80. The topological polar surface area (TPSA) is 62.4 Å². The zero-order chi connectivity index (χ0) is 14.7. The van der Waals surface area contributed by atoms with Crippen LogP contribution >= 0.6 is 11.6 Å². The monoisotopic (exact) mass is 307 g/mol. The van der Waals surface area contributed by atoms with Gasteiger partial charge in [0.2, 0.25) is 11.7 Å². The molecule has 2 heterocycles. The van der Waals surface area contributed by atoms with Crippen LogP contribution in [-0.2, 0) is 6.54 Å². The van der Waals surface area contributed by atoms with Gasteiger partial charge in [-0.05, 0) is 49.6 Å². The van der Waals surface area contributed by atoms with Gasteiger partial charge in [-0.25, -0.2) is 0 Å². The van der Waals surface area contributed by atoms with Crippen molar-refractivity contribution in [3.63, 3.8) is 0 Å². The highest BCUT2D eigenvalue weighted by atomic mass is 35.5. The van der Waals surface area contributed by atoms with E-state index in [9.17, 15) is 5.11 Å². The molecule has 5 nitrogen and oxygen atoms in total. The number of aliphatic hydroxyl groups excluding tert-OH is 1. The van der Waals surface area contributed by atoms with Crippen LogP contribution < -0.4 is 0 Å². The summed E-state index contributed by atoms with van der Waals surface area (Å²) in [5.74, 6) is 1.55. The summed E-state index contributed by atoms with van der Waals surface area (Å²) < 4.78 is 5.32. The lowest BCUT2D eigenvalue weighted by atomic mass is 9.99. The lowest BCUT2D eigenvalue weighted by molar-refractivity contribution is 0.107. The van der Waals surface area contributed by atoms with E-state index in [4.69, 9.17) is 16.1 Å². The van der Waals surface area contributed by atoms with E-state index in [0.29, 0.717) is 29.2 Å². The predicted molar refractivity (Wildman–Crippen MR) is 79.8 cm³/mol. The van der Waals surface area contributed by atoms with Gasteiger partial charge in [-0.1, -0.05) is 16.8 Å². The Hall–Kier alpha value is -1.43. The second-order valence-electron chi connectivity index (χ2n) is 5.44. The van der Waals surface area contributed by atoms with Gasteiger partial charge in [0.1, 0.15) is 0 Å². The van der Waals surface area contributed by atoms with Crippen LogP contribution in [0.15, 0.2) is 28.8 Å². The highest BCUT2D eigenvalue weighted by molar-refractivity contribution is 6.30. The Balaban J connectivity index is 1.66. The van der Waals surface area contributed by atoms with Gasteiger partial charge in [0, 0.05) is 23.7 Å². The molecule has 0 radical (unpaired) electrons. The van der Waals surface area contributed by atoms with Crippen LogP contribution in [0.2, 0.25) is 5.02 Å². The first-order valence-electron chi connectivity index (χ1n) is 7.16. The molecule has 0 aliphatic carbocycles. The second-order valence-corrected chi connectivity index (χ2v) is 5.88. The third-order valence-electron chi connectivity index (χ3n) is 3.79. The van der Waals surface area contributed by atoms with E-state index in [1.54, 1.807) is 0 Å². The number of halogens is 1. The van der Waals surface area contributed by atoms with Crippen LogP contribution in [0.5, 0.6) is 0 Å². The molecule has 6 heteroatoms. The Morgan fingerprint density at radius 1 is 1.33 bits per heavy atom. The molecule has 0 unspecified atom stereocenters. The zero-order valence-corrected chi connectivity index (χ0v) is 12.5. The standard InChI is InChI=1S/C15H18ClN3O2/c16-13-5-3-12(4-6-13)15-17-14(21-18-15)9-19-7-1-2-11(8-19)10-20/h3-6,11,20H,1-2,7-10H2/t11-/m0/s1. The number of aromatic nitrogens is 2. The average molecular weight is 308 g/mol. The van der Waals surface area contributed by atoms with E-state index < -0.39 is 0 Å². The molecule has 1 aromatic carbocycles. The molecule has 1 aromatic heterocycles. The molecule has 0 amide bonds. The van der Waals surface area contributed by atoms with Crippen molar-refractivity contribution in [2.45, 2.75) is 19.4 Å². The maximum Gasteiger partial charge on any atom is 0.241 e. The number of aliphatic hydroxyl groups is 1. The summed E-state index contributed by atoms with van der Waals surface area (Å²) in [5.41, 5.74) is 0.890. The minimum atomic E-state index is 0.246. The van der Waals surface area contributed by atoms with Crippen LogP contribution in [0, 0.1) is 5.92 Å². The van der Waals surface area contributed by atoms with Crippen molar-refractivity contribution in [3.05, 3.63) is 35.2 Å². The predicted octanol–water partition coefficient (Wildman–Crippen LogP) is 2.59. The van der Waals surface area contributed by atoms with Crippen molar-refractivity contribution in [2.24, 2.45) is 5.92 Å². The molecule has 1 atom stereocenters. The molecule has 1 saturated heterocycles. The van der Waals surface area contributed by atoms with Crippen LogP contribution in [0.1, 0.15) is 18.7 Å². The number of nitrogens with zero attached hydrogens (tertiary/aromatic N) is 3. The minimum absolute atomic E-state index is 0.246. The molecule has 112 valence electrons. The first-order valence-corrected chi connectivity index (χ1v) is 7.54. The third-order valence-corrected chi connectivity index (χ3v) is 4.04. The Bertz CT molecular complexity index is 585. The first kappa shape index (κ1) is 14.5. The molecule has 3 rings (SSSR count). The lowest BCUT2D eigenvalue weighted by Crippen LogP contribution is -2.36. The first-order chi connectivity index (χ1) is 10.2. The third kappa shape index (κ3) is 3.61. The van der Waals surface area contributed by atoms with Crippen molar-refractivity contribution in [1.29, 1.82) is 0 Å². The van der Waals surface area contributed by atoms with E-state index >= 15 is 0 Å². The number of benzene rings is 1. The summed E-state index contributed by atoms with van der Waals surface area (Å²) in [7, 11) is 0. The molecule has 1 aliphatic heterocycles. The average Bonchev–Trinajstić information content (AvgIpc) is 2.96. The smallest absolute Gasteiger partial charge is 0.241 e. The number of rotatable bonds is 4. The minimum Gasteiger partial charge on any atom is -0.396 e. The highest BCUT2D eigenvalue weighted by Crippen LogP contribution is 2.21. The normalized spacial score (nSPS) is 19.8. The molecule has 1 N–H and O–H groups in total. The SMILES string of the molecule is OC[C@H]1CCCN(Cc2nc(-c3ccc(Cl)cc3)no2)C1. The van der Waals surface area contributed by atoms with Gasteiger partial charge in [0.15, 0.2) is 0 Å². The van der Waals surface area contributed by atoms with E-state index in [0.717, 1.165) is 31.5 Å². The quantitative estimate of drug-likeness (QED) is 0.940. The molecular formula is C15H18ClN3O2. The Morgan fingerprint density at radius 3 is 2.90 bits per heavy atom. The van der Waals surface area contributed by atoms with Crippen molar-refractivity contribution < 1.29 is 9.63 Å². The van der Waals surface area contributed by atoms with Gasteiger partial charge in [-0.2, -0.15) is 4.98 Å². The maximum atomic E-state index is 9.26. The van der Waals surface area contributed by atoms with Gasteiger partial charge in [-0.15, -0.1) is 0 Å². The molecule has 1 fully saturated rings. The van der Waals surface area contributed by atoms with Crippen molar-refractivity contribution in [1.82, 2.24) is 15.0 Å². The van der Waals surface area contributed by atoms with Crippen LogP contribution in [0.3, 0.4) is 0 Å². The Kier molecular flexibility index (Phi) is 4.53.